The fourth-order valence-corrected chi connectivity index (χ4v) is 4.85. The lowest BCUT2D eigenvalue weighted by Crippen LogP contribution is -2.56. The van der Waals surface area contributed by atoms with Crippen molar-refractivity contribution in [1.82, 2.24) is 0 Å². The van der Waals surface area contributed by atoms with Gasteiger partial charge >= 0.3 is 0 Å². The minimum Gasteiger partial charge on any atom is -0.392 e. The van der Waals surface area contributed by atoms with Crippen molar-refractivity contribution in [3.63, 3.8) is 0 Å². The maximum atomic E-state index is 12.2. The number of fused-ring (bicyclic) bond motifs is 1. The first-order chi connectivity index (χ1) is 10.6. The topological polar surface area (TPSA) is 57.5 Å². The van der Waals surface area contributed by atoms with E-state index >= 15 is 0 Å². The third-order valence-electron chi connectivity index (χ3n) is 6.11. The van der Waals surface area contributed by atoms with Crippen molar-refractivity contribution in [3.05, 3.63) is 0 Å². The molecule has 3 rings (SSSR count). The molecule has 0 bridgehead atoms. The van der Waals surface area contributed by atoms with Crippen molar-refractivity contribution < 1.29 is 15.0 Å². The Hall–Kier alpha value is -0.850. The fraction of sp³-hybridized carbons (Fsp3) is 0.842. The Balaban J connectivity index is 1.71. The van der Waals surface area contributed by atoms with Crippen LogP contribution < -0.4 is 0 Å². The minimum atomic E-state index is -0.560. The van der Waals surface area contributed by atoms with Crippen LogP contribution in [0.15, 0.2) is 0 Å². The van der Waals surface area contributed by atoms with Gasteiger partial charge < -0.3 is 10.2 Å². The van der Waals surface area contributed by atoms with Gasteiger partial charge in [-0.15, -0.1) is 0 Å². The molecule has 0 saturated heterocycles. The minimum absolute atomic E-state index is 0.0906. The van der Waals surface area contributed by atoms with Crippen molar-refractivity contribution in [1.29, 1.82) is 0 Å². The summed E-state index contributed by atoms with van der Waals surface area (Å²) >= 11 is 0. The van der Waals surface area contributed by atoms with Crippen LogP contribution in [0.25, 0.3) is 0 Å². The average Bonchev–Trinajstić information content (AvgIpc) is 3.05. The Labute approximate surface area is 133 Å². The van der Waals surface area contributed by atoms with Crippen molar-refractivity contribution in [2.45, 2.75) is 70.5 Å². The van der Waals surface area contributed by atoms with Crippen molar-refractivity contribution in [2.24, 2.45) is 29.6 Å². The molecular weight excluding hydrogens is 276 g/mol. The Morgan fingerprint density at radius 1 is 1.23 bits per heavy atom. The zero-order valence-corrected chi connectivity index (χ0v) is 13.5. The van der Waals surface area contributed by atoms with Crippen LogP contribution in [0.2, 0.25) is 0 Å². The van der Waals surface area contributed by atoms with Crippen LogP contribution in [-0.4, -0.2) is 28.2 Å². The SMILES string of the molecule is CCCC1C(=O)[C@H]2CC[C@@H](O)[C@H](C#C[C@@H](O)C3CCCC3)[C@@H]12. The van der Waals surface area contributed by atoms with Crippen LogP contribution in [0.3, 0.4) is 0 Å². The van der Waals surface area contributed by atoms with E-state index in [0.717, 1.165) is 32.1 Å². The molecule has 3 nitrogen and oxygen atoms in total. The van der Waals surface area contributed by atoms with Gasteiger partial charge in [0, 0.05) is 11.8 Å². The normalized spacial score (nSPS) is 39.6. The van der Waals surface area contributed by atoms with Crippen LogP contribution in [0, 0.1) is 41.4 Å². The number of aliphatic hydroxyl groups excluding tert-OH is 2. The monoisotopic (exact) mass is 304 g/mol. The lowest BCUT2D eigenvalue weighted by Gasteiger charge is -2.50. The molecule has 0 radical (unpaired) electrons. The number of hydrogen-bond donors (Lipinski definition) is 2. The van der Waals surface area contributed by atoms with Gasteiger partial charge in [-0.05, 0) is 43.9 Å². The molecule has 22 heavy (non-hydrogen) atoms. The molecule has 0 heterocycles. The summed E-state index contributed by atoms with van der Waals surface area (Å²) < 4.78 is 0. The molecule has 3 fully saturated rings. The third-order valence-corrected chi connectivity index (χ3v) is 6.11. The molecule has 0 aromatic heterocycles. The van der Waals surface area contributed by atoms with Gasteiger partial charge in [-0.25, -0.2) is 0 Å². The molecule has 0 aromatic rings. The highest BCUT2D eigenvalue weighted by Crippen LogP contribution is 2.51. The molecule has 0 spiro atoms. The summed E-state index contributed by atoms with van der Waals surface area (Å²) in [5, 5.41) is 20.6. The van der Waals surface area contributed by atoms with E-state index in [1.807, 2.05) is 0 Å². The molecule has 0 aliphatic heterocycles. The standard InChI is InChI=1S/C19H28O3/c1-2-5-14-18-13(17(21)11-9-15(18)19(14)22)8-10-16(20)12-6-3-4-7-12/h12-18,20-21H,2-7,9,11H2,1H3/t13-,14?,15-,16+,17+,18-/m0/s1. The van der Waals surface area contributed by atoms with E-state index in [9.17, 15) is 15.0 Å². The molecule has 122 valence electrons. The Morgan fingerprint density at radius 2 is 1.95 bits per heavy atom. The second-order valence-corrected chi connectivity index (χ2v) is 7.43. The first-order valence-corrected chi connectivity index (χ1v) is 9.04. The number of ketones is 1. The average molecular weight is 304 g/mol. The smallest absolute Gasteiger partial charge is 0.139 e. The Morgan fingerprint density at radius 3 is 2.64 bits per heavy atom. The van der Waals surface area contributed by atoms with E-state index in [4.69, 9.17) is 0 Å². The molecule has 3 saturated carbocycles. The van der Waals surface area contributed by atoms with Gasteiger partial charge in [-0.2, -0.15) is 0 Å². The first kappa shape index (κ1) is 16.0. The molecule has 6 atom stereocenters. The zero-order valence-electron chi connectivity index (χ0n) is 13.5. The van der Waals surface area contributed by atoms with E-state index in [1.54, 1.807) is 0 Å². The number of Topliss-reactive ketones (excluding diaryl/α,β-unsaturated/α-hetero) is 1. The maximum absolute atomic E-state index is 12.2. The van der Waals surface area contributed by atoms with Gasteiger partial charge in [0.2, 0.25) is 0 Å². The molecule has 3 aliphatic rings. The van der Waals surface area contributed by atoms with Crippen molar-refractivity contribution in [2.75, 3.05) is 0 Å². The van der Waals surface area contributed by atoms with E-state index in [0.29, 0.717) is 18.1 Å². The molecule has 3 aliphatic carbocycles. The lowest BCUT2D eigenvalue weighted by atomic mass is 9.52. The number of carbonyl (C=O) groups is 1. The van der Waals surface area contributed by atoms with Gasteiger partial charge in [0.1, 0.15) is 11.9 Å². The van der Waals surface area contributed by atoms with E-state index < -0.39 is 12.2 Å². The highest BCUT2D eigenvalue weighted by molar-refractivity contribution is 5.90. The van der Waals surface area contributed by atoms with E-state index in [1.165, 1.54) is 12.8 Å². The molecule has 2 N–H and O–H groups in total. The third kappa shape index (κ3) is 2.84. The zero-order chi connectivity index (χ0) is 15.7. The molecule has 0 aromatic carbocycles. The van der Waals surface area contributed by atoms with E-state index in [-0.39, 0.29) is 23.7 Å². The number of aliphatic hydroxyl groups is 2. The fourth-order valence-electron chi connectivity index (χ4n) is 4.85. The second-order valence-electron chi connectivity index (χ2n) is 7.43. The Kier molecular flexibility index (Phi) is 4.90. The summed E-state index contributed by atoms with van der Waals surface area (Å²) in [6.45, 7) is 2.10. The van der Waals surface area contributed by atoms with Crippen LogP contribution in [0.5, 0.6) is 0 Å². The first-order valence-electron chi connectivity index (χ1n) is 9.04. The number of carbonyl (C=O) groups excluding carboxylic acids is 1. The van der Waals surface area contributed by atoms with Gasteiger partial charge in [0.15, 0.2) is 0 Å². The highest BCUT2D eigenvalue weighted by atomic mass is 16.3. The molecule has 0 amide bonds. The lowest BCUT2D eigenvalue weighted by molar-refractivity contribution is -0.154. The summed E-state index contributed by atoms with van der Waals surface area (Å²) in [4.78, 5) is 12.2. The van der Waals surface area contributed by atoms with Gasteiger partial charge in [0.25, 0.3) is 0 Å². The van der Waals surface area contributed by atoms with Crippen LogP contribution in [0.1, 0.15) is 58.3 Å². The molecule has 3 heteroatoms. The number of hydrogen-bond acceptors (Lipinski definition) is 3. The quantitative estimate of drug-likeness (QED) is 0.788. The summed E-state index contributed by atoms with van der Waals surface area (Å²) in [6.07, 6.45) is 6.90. The van der Waals surface area contributed by atoms with Crippen LogP contribution >= 0.6 is 0 Å². The Bertz CT molecular complexity index is 469. The van der Waals surface area contributed by atoms with E-state index in [2.05, 4.69) is 18.8 Å². The number of rotatable bonds is 3. The highest BCUT2D eigenvalue weighted by Gasteiger charge is 2.55. The van der Waals surface area contributed by atoms with Crippen LogP contribution in [0.4, 0.5) is 0 Å². The summed E-state index contributed by atoms with van der Waals surface area (Å²) in [7, 11) is 0. The maximum Gasteiger partial charge on any atom is 0.139 e. The van der Waals surface area contributed by atoms with Gasteiger partial charge in [-0.1, -0.05) is 38.0 Å². The summed E-state index contributed by atoms with van der Waals surface area (Å²) in [6, 6.07) is 0. The predicted molar refractivity (Wildman–Crippen MR) is 84.9 cm³/mol. The largest absolute Gasteiger partial charge is 0.392 e. The predicted octanol–water partition coefficient (Wildman–Crippen LogP) is 2.54. The molecule has 1 unspecified atom stereocenters. The second kappa shape index (κ2) is 6.72. The van der Waals surface area contributed by atoms with Gasteiger partial charge in [0.05, 0.1) is 12.0 Å². The summed E-state index contributed by atoms with van der Waals surface area (Å²) in [5.74, 6) is 7.21. The van der Waals surface area contributed by atoms with Crippen molar-refractivity contribution >= 4 is 5.78 Å². The van der Waals surface area contributed by atoms with Crippen molar-refractivity contribution in [3.8, 4) is 11.8 Å². The molecular formula is C19H28O3. The van der Waals surface area contributed by atoms with Gasteiger partial charge in [-0.3, -0.25) is 4.79 Å². The van der Waals surface area contributed by atoms with Crippen LogP contribution in [-0.2, 0) is 4.79 Å². The summed E-state index contributed by atoms with van der Waals surface area (Å²) in [5.41, 5.74) is 0.